The Labute approximate surface area is 174 Å². The van der Waals surface area contributed by atoms with Gasteiger partial charge in [0.25, 0.3) is 11.7 Å². The van der Waals surface area contributed by atoms with E-state index in [4.69, 9.17) is 4.74 Å². The van der Waals surface area contributed by atoms with Gasteiger partial charge in [-0.25, -0.2) is 0 Å². The molecule has 6 nitrogen and oxygen atoms in total. The first kappa shape index (κ1) is 19.4. The highest BCUT2D eigenvalue weighted by Crippen LogP contribution is 2.43. The number of para-hydroxylation sites is 1. The van der Waals surface area contributed by atoms with Crippen LogP contribution < -0.4 is 4.74 Å². The van der Waals surface area contributed by atoms with E-state index in [1.54, 1.807) is 60.9 Å². The zero-order chi connectivity index (χ0) is 21.1. The van der Waals surface area contributed by atoms with E-state index in [9.17, 15) is 14.7 Å². The maximum absolute atomic E-state index is 13.0. The number of aliphatic hydroxyl groups excluding tert-OH is 1. The van der Waals surface area contributed by atoms with Crippen LogP contribution in [0.1, 0.15) is 22.7 Å². The normalized spacial score (nSPS) is 17.9. The predicted molar refractivity (Wildman–Crippen MR) is 112 cm³/mol. The van der Waals surface area contributed by atoms with E-state index < -0.39 is 17.7 Å². The van der Waals surface area contributed by atoms with Gasteiger partial charge in [0.1, 0.15) is 11.5 Å². The molecule has 1 N–H and O–H groups in total. The SMILES string of the molecule is COc1ccccc1C1/C(=C(/O)c2ccccc2)C(=O)C(=O)N1Cc1ccncc1. The zero-order valence-electron chi connectivity index (χ0n) is 16.4. The minimum atomic E-state index is -0.783. The fourth-order valence-corrected chi connectivity index (χ4v) is 3.70. The van der Waals surface area contributed by atoms with Crippen molar-refractivity contribution in [2.24, 2.45) is 0 Å². The van der Waals surface area contributed by atoms with Crippen molar-refractivity contribution in [3.05, 3.63) is 101 Å². The lowest BCUT2D eigenvalue weighted by Crippen LogP contribution is -2.29. The maximum Gasteiger partial charge on any atom is 0.295 e. The Morgan fingerprint density at radius 3 is 2.37 bits per heavy atom. The number of amides is 1. The quantitative estimate of drug-likeness (QED) is 0.401. The van der Waals surface area contributed by atoms with E-state index in [1.165, 1.54) is 12.0 Å². The number of pyridine rings is 1. The van der Waals surface area contributed by atoms with Crippen LogP contribution in [0.3, 0.4) is 0 Å². The number of ether oxygens (including phenoxy) is 1. The van der Waals surface area contributed by atoms with Gasteiger partial charge in [-0.15, -0.1) is 0 Å². The van der Waals surface area contributed by atoms with Gasteiger partial charge in [0, 0.05) is 30.1 Å². The molecule has 30 heavy (non-hydrogen) atoms. The molecule has 1 atom stereocenters. The second-order valence-electron chi connectivity index (χ2n) is 6.89. The zero-order valence-corrected chi connectivity index (χ0v) is 16.4. The number of methoxy groups -OCH3 is 1. The number of benzene rings is 2. The highest BCUT2D eigenvalue weighted by atomic mass is 16.5. The summed E-state index contributed by atoms with van der Waals surface area (Å²) in [6.45, 7) is 0.196. The first-order chi connectivity index (χ1) is 14.6. The summed E-state index contributed by atoms with van der Waals surface area (Å²) in [5, 5.41) is 11.0. The van der Waals surface area contributed by atoms with Crippen LogP contribution in [-0.4, -0.2) is 33.8 Å². The summed E-state index contributed by atoms with van der Waals surface area (Å²) in [5.41, 5.74) is 1.97. The number of Topliss-reactive ketones (excluding diaryl/α,β-unsaturated/α-hetero) is 1. The van der Waals surface area contributed by atoms with Gasteiger partial charge in [-0.2, -0.15) is 0 Å². The molecule has 150 valence electrons. The van der Waals surface area contributed by atoms with E-state index in [1.807, 2.05) is 18.2 Å². The molecule has 2 aromatic carbocycles. The molecule has 1 aliphatic rings. The number of aromatic nitrogens is 1. The van der Waals surface area contributed by atoms with Crippen molar-refractivity contribution >= 4 is 17.4 Å². The number of nitrogens with zero attached hydrogens (tertiary/aromatic N) is 2. The third-order valence-electron chi connectivity index (χ3n) is 5.12. The third kappa shape index (κ3) is 3.43. The lowest BCUT2D eigenvalue weighted by molar-refractivity contribution is -0.140. The average Bonchev–Trinajstić information content (AvgIpc) is 3.04. The Morgan fingerprint density at radius 2 is 1.67 bits per heavy atom. The topological polar surface area (TPSA) is 79.7 Å². The van der Waals surface area contributed by atoms with E-state index in [2.05, 4.69) is 4.98 Å². The second kappa shape index (κ2) is 8.21. The second-order valence-corrected chi connectivity index (χ2v) is 6.89. The van der Waals surface area contributed by atoms with E-state index >= 15 is 0 Å². The van der Waals surface area contributed by atoms with Crippen LogP contribution >= 0.6 is 0 Å². The lowest BCUT2D eigenvalue weighted by Gasteiger charge is -2.26. The molecular weight excluding hydrogens is 380 g/mol. The molecule has 0 radical (unpaired) electrons. The van der Waals surface area contributed by atoms with Crippen molar-refractivity contribution in [1.82, 2.24) is 9.88 Å². The van der Waals surface area contributed by atoms with Crippen molar-refractivity contribution in [1.29, 1.82) is 0 Å². The Hall–Kier alpha value is -3.93. The van der Waals surface area contributed by atoms with Crippen molar-refractivity contribution in [2.45, 2.75) is 12.6 Å². The largest absolute Gasteiger partial charge is 0.507 e. The Balaban J connectivity index is 1.90. The van der Waals surface area contributed by atoms with Crippen LogP contribution in [0.15, 0.2) is 84.7 Å². The van der Waals surface area contributed by atoms with Gasteiger partial charge in [-0.3, -0.25) is 14.6 Å². The summed E-state index contributed by atoms with van der Waals surface area (Å²) in [4.78, 5) is 31.5. The smallest absolute Gasteiger partial charge is 0.295 e. The van der Waals surface area contributed by atoms with Crippen LogP contribution in [0, 0.1) is 0 Å². The fraction of sp³-hybridized carbons (Fsp3) is 0.125. The van der Waals surface area contributed by atoms with Crippen LogP contribution in [-0.2, 0) is 16.1 Å². The number of carbonyl (C=O) groups excluding carboxylic acids is 2. The Kier molecular flexibility index (Phi) is 5.30. The fourth-order valence-electron chi connectivity index (χ4n) is 3.70. The predicted octanol–water partition coefficient (Wildman–Crippen LogP) is 3.71. The highest BCUT2D eigenvalue weighted by Gasteiger charge is 2.47. The van der Waals surface area contributed by atoms with Gasteiger partial charge in [-0.1, -0.05) is 48.5 Å². The van der Waals surface area contributed by atoms with Gasteiger partial charge in [0.05, 0.1) is 18.7 Å². The molecule has 0 aliphatic carbocycles. The molecule has 2 heterocycles. The monoisotopic (exact) mass is 400 g/mol. The first-order valence-electron chi connectivity index (χ1n) is 9.47. The van der Waals surface area contributed by atoms with Gasteiger partial charge in [-0.05, 0) is 23.8 Å². The van der Waals surface area contributed by atoms with E-state index in [0.29, 0.717) is 16.9 Å². The number of hydrogen-bond donors (Lipinski definition) is 1. The molecule has 1 aromatic heterocycles. The Morgan fingerprint density at radius 1 is 1.00 bits per heavy atom. The maximum atomic E-state index is 13.0. The van der Waals surface area contributed by atoms with Crippen LogP contribution in [0.4, 0.5) is 0 Å². The van der Waals surface area contributed by atoms with Crippen molar-refractivity contribution in [3.8, 4) is 5.75 Å². The van der Waals surface area contributed by atoms with E-state index in [0.717, 1.165) is 5.56 Å². The van der Waals surface area contributed by atoms with Crippen molar-refractivity contribution in [2.75, 3.05) is 7.11 Å². The van der Waals surface area contributed by atoms with Crippen molar-refractivity contribution in [3.63, 3.8) is 0 Å². The summed E-state index contributed by atoms with van der Waals surface area (Å²) < 4.78 is 5.50. The van der Waals surface area contributed by atoms with Crippen LogP contribution in [0.2, 0.25) is 0 Å². The lowest BCUT2D eigenvalue weighted by atomic mass is 9.94. The molecular formula is C24H20N2O4. The van der Waals surface area contributed by atoms with Gasteiger partial charge in [0.2, 0.25) is 0 Å². The molecule has 1 fully saturated rings. The average molecular weight is 400 g/mol. The Bertz CT molecular complexity index is 1110. The summed E-state index contributed by atoms with van der Waals surface area (Å²) >= 11 is 0. The van der Waals surface area contributed by atoms with Crippen LogP contribution in [0.25, 0.3) is 5.76 Å². The molecule has 4 rings (SSSR count). The minimum absolute atomic E-state index is 0.0461. The number of ketones is 1. The molecule has 0 spiro atoms. The van der Waals surface area contributed by atoms with Gasteiger partial charge >= 0.3 is 0 Å². The molecule has 1 saturated heterocycles. The van der Waals surface area contributed by atoms with Crippen molar-refractivity contribution < 1.29 is 19.4 Å². The number of likely N-dealkylation sites (tertiary alicyclic amines) is 1. The summed E-state index contributed by atoms with van der Waals surface area (Å²) in [7, 11) is 1.53. The molecule has 6 heteroatoms. The molecule has 1 aliphatic heterocycles. The molecule has 1 unspecified atom stereocenters. The highest BCUT2D eigenvalue weighted by molar-refractivity contribution is 6.46. The molecule has 1 amide bonds. The minimum Gasteiger partial charge on any atom is -0.507 e. The number of hydrogen-bond acceptors (Lipinski definition) is 5. The summed E-state index contributed by atoms with van der Waals surface area (Å²) in [5.74, 6) is -1.06. The summed E-state index contributed by atoms with van der Waals surface area (Å²) in [6.07, 6.45) is 3.27. The third-order valence-corrected chi connectivity index (χ3v) is 5.12. The molecule has 0 saturated carbocycles. The van der Waals surface area contributed by atoms with Gasteiger partial charge in [0.15, 0.2) is 0 Å². The number of carbonyl (C=O) groups is 2. The molecule has 0 bridgehead atoms. The molecule has 3 aromatic rings. The summed E-state index contributed by atoms with van der Waals surface area (Å²) in [6, 6.07) is 18.7. The number of aliphatic hydroxyl groups is 1. The number of rotatable bonds is 5. The van der Waals surface area contributed by atoms with Crippen LogP contribution in [0.5, 0.6) is 5.75 Å². The first-order valence-corrected chi connectivity index (χ1v) is 9.47. The van der Waals surface area contributed by atoms with Gasteiger partial charge < -0.3 is 14.7 Å². The van der Waals surface area contributed by atoms with E-state index in [-0.39, 0.29) is 17.9 Å². The standard InChI is InChI=1S/C24H20N2O4/c1-30-19-10-6-5-9-18(19)21-20(22(27)17-7-3-2-4-8-17)23(28)24(29)26(21)15-16-11-13-25-14-12-16/h2-14,21,27H,15H2,1H3/b22-20-.